The molecule has 0 aromatic heterocycles. The fourth-order valence-corrected chi connectivity index (χ4v) is 5.03. The van der Waals surface area contributed by atoms with E-state index in [2.05, 4.69) is 5.32 Å². The molecular formula is C21H33N3O4S. The van der Waals surface area contributed by atoms with Gasteiger partial charge in [-0.3, -0.25) is 9.59 Å². The predicted octanol–water partition coefficient (Wildman–Crippen LogP) is 2.69. The second kappa shape index (κ2) is 10.7. The number of sulfonamides is 1. The topological polar surface area (TPSA) is 86.8 Å². The first-order valence-corrected chi connectivity index (χ1v) is 11.9. The zero-order valence-electron chi connectivity index (χ0n) is 17.7. The SMILES string of the molecule is CCN(CC)S(=O)(=O)c1ccc(C(C)NC(=O)CN2CCCCCCC2=O)cc1. The molecule has 1 aliphatic heterocycles. The van der Waals surface area contributed by atoms with E-state index in [1.165, 1.54) is 4.31 Å². The summed E-state index contributed by atoms with van der Waals surface area (Å²) in [6.45, 7) is 7.00. The fourth-order valence-electron chi connectivity index (χ4n) is 3.57. The van der Waals surface area contributed by atoms with Crippen molar-refractivity contribution in [3.63, 3.8) is 0 Å². The Kier molecular flexibility index (Phi) is 8.64. The Morgan fingerprint density at radius 2 is 1.72 bits per heavy atom. The number of likely N-dealkylation sites (tertiary alicyclic amines) is 1. The van der Waals surface area contributed by atoms with Crippen LogP contribution in [0.3, 0.4) is 0 Å². The number of amides is 2. The van der Waals surface area contributed by atoms with Gasteiger partial charge in [-0.05, 0) is 37.5 Å². The summed E-state index contributed by atoms with van der Waals surface area (Å²) in [5.74, 6) is -0.162. The normalized spacial score (nSPS) is 17.0. The number of carbonyl (C=O) groups is 2. The third kappa shape index (κ3) is 6.27. The number of nitrogens with one attached hydrogen (secondary N) is 1. The third-order valence-electron chi connectivity index (χ3n) is 5.36. The monoisotopic (exact) mass is 423 g/mol. The van der Waals surface area contributed by atoms with Crippen LogP contribution in [-0.4, -0.2) is 55.6 Å². The molecule has 1 aromatic rings. The molecule has 1 unspecified atom stereocenters. The van der Waals surface area contributed by atoms with Crippen molar-refractivity contribution in [1.29, 1.82) is 0 Å². The number of nitrogens with zero attached hydrogens (tertiary/aromatic N) is 2. The summed E-state index contributed by atoms with van der Waals surface area (Å²) < 4.78 is 26.6. The van der Waals surface area contributed by atoms with Gasteiger partial charge in [-0.1, -0.05) is 38.8 Å². The first-order chi connectivity index (χ1) is 13.8. The molecule has 1 heterocycles. The highest BCUT2D eigenvalue weighted by Gasteiger charge is 2.22. The van der Waals surface area contributed by atoms with Crippen molar-refractivity contribution >= 4 is 21.8 Å². The Balaban J connectivity index is 1.98. The summed E-state index contributed by atoms with van der Waals surface area (Å²) in [4.78, 5) is 26.5. The smallest absolute Gasteiger partial charge is 0.243 e. The van der Waals surface area contributed by atoms with Crippen LogP contribution in [0.2, 0.25) is 0 Å². The predicted molar refractivity (Wildman–Crippen MR) is 113 cm³/mol. The van der Waals surface area contributed by atoms with Gasteiger partial charge in [0, 0.05) is 26.1 Å². The molecule has 1 atom stereocenters. The summed E-state index contributed by atoms with van der Waals surface area (Å²) >= 11 is 0. The second-order valence-corrected chi connectivity index (χ2v) is 9.37. The van der Waals surface area contributed by atoms with Crippen molar-refractivity contribution < 1.29 is 18.0 Å². The standard InChI is InChI=1S/C21H33N3O4S/c1-4-24(5-2)29(27,28)19-13-11-18(12-14-19)17(3)22-20(25)16-23-15-9-7-6-8-10-21(23)26/h11-14,17H,4-10,15-16H2,1-3H3,(H,22,25). The lowest BCUT2D eigenvalue weighted by atomic mass is 10.1. The Labute approximate surface area is 174 Å². The summed E-state index contributed by atoms with van der Waals surface area (Å²) in [6, 6.07) is 6.32. The molecule has 1 N–H and O–H groups in total. The molecule has 1 fully saturated rings. The van der Waals surface area contributed by atoms with Gasteiger partial charge in [0.2, 0.25) is 21.8 Å². The van der Waals surface area contributed by atoms with Crippen molar-refractivity contribution in [2.75, 3.05) is 26.2 Å². The largest absolute Gasteiger partial charge is 0.348 e. The molecule has 0 bridgehead atoms. The van der Waals surface area contributed by atoms with Crippen molar-refractivity contribution in [1.82, 2.24) is 14.5 Å². The number of benzene rings is 1. The van der Waals surface area contributed by atoms with E-state index in [4.69, 9.17) is 0 Å². The average Bonchev–Trinajstić information content (AvgIpc) is 2.68. The summed E-state index contributed by atoms with van der Waals surface area (Å²) in [6.07, 6.45) is 4.48. The van der Waals surface area contributed by atoms with E-state index in [0.29, 0.717) is 26.1 Å². The Morgan fingerprint density at radius 3 is 2.34 bits per heavy atom. The lowest BCUT2D eigenvalue weighted by Crippen LogP contribution is -2.42. The van der Waals surface area contributed by atoms with E-state index in [1.54, 1.807) is 29.2 Å². The summed E-state index contributed by atoms with van der Waals surface area (Å²) in [5, 5.41) is 2.91. The molecule has 1 saturated heterocycles. The number of rotatable bonds is 8. The average molecular weight is 424 g/mol. The minimum atomic E-state index is -3.50. The molecule has 0 saturated carbocycles. The van der Waals surface area contributed by atoms with E-state index in [0.717, 1.165) is 31.2 Å². The zero-order chi connectivity index (χ0) is 21.4. The molecular weight excluding hydrogens is 390 g/mol. The van der Waals surface area contributed by atoms with E-state index in [-0.39, 0.29) is 29.3 Å². The van der Waals surface area contributed by atoms with Crippen LogP contribution >= 0.6 is 0 Å². The number of hydrogen-bond donors (Lipinski definition) is 1. The Morgan fingerprint density at radius 1 is 1.10 bits per heavy atom. The molecule has 1 aromatic carbocycles. The van der Waals surface area contributed by atoms with Crippen molar-refractivity contribution in [2.45, 2.75) is 63.8 Å². The first kappa shape index (κ1) is 23.3. The fraction of sp³-hybridized carbons (Fsp3) is 0.619. The maximum Gasteiger partial charge on any atom is 0.243 e. The van der Waals surface area contributed by atoms with Crippen LogP contribution in [-0.2, 0) is 19.6 Å². The highest BCUT2D eigenvalue weighted by molar-refractivity contribution is 7.89. The molecule has 2 amide bonds. The molecule has 8 heteroatoms. The third-order valence-corrected chi connectivity index (χ3v) is 7.42. The first-order valence-electron chi connectivity index (χ1n) is 10.5. The van der Waals surface area contributed by atoms with Gasteiger partial charge in [0.05, 0.1) is 17.5 Å². The molecule has 29 heavy (non-hydrogen) atoms. The Bertz CT molecular complexity index is 789. The maximum atomic E-state index is 12.6. The molecule has 7 nitrogen and oxygen atoms in total. The van der Waals surface area contributed by atoms with Gasteiger partial charge < -0.3 is 10.2 Å². The van der Waals surface area contributed by atoms with Crippen molar-refractivity contribution in [2.24, 2.45) is 0 Å². The van der Waals surface area contributed by atoms with Gasteiger partial charge in [-0.2, -0.15) is 4.31 Å². The molecule has 0 aliphatic carbocycles. The molecule has 162 valence electrons. The van der Waals surface area contributed by atoms with Gasteiger partial charge in [0.15, 0.2) is 0 Å². The van der Waals surface area contributed by atoms with Crippen LogP contribution in [0.4, 0.5) is 0 Å². The minimum Gasteiger partial charge on any atom is -0.348 e. The lowest BCUT2D eigenvalue weighted by Gasteiger charge is -2.25. The van der Waals surface area contributed by atoms with Crippen LogP contribution in [0, 0.1) is 0 Å². The molecule has 0 spiro atoms. The van der Waals surface area contributed by atoms with Gasteiger partial charge >= 0.3 is 0 Å². The molecule has 0 radical (unpaired) electrons. The summed E-state index contributed by atoms with van der Waals surface area (Å²) in [7, 11) is -3.50. The van der Waals surface area contributed by atoms with E-state index < -0.39 is 10.0 Å². The maximum absolute atomic E-state index is 12.6. The van der Waals surface area contributed by atoms with Gasteiger partial charge in [-0.25, -0.2) is 8.42 Å². The summed E-state index contributed by atoms with van der Waals surface area (Å²) in [5.41, 5.74) is 0.816. The van der Waals surface area contributed by atoms with Crippen LogP contribution in [0.5, 0.6) is 0 Å². The lowest BCUT2D eigenvalue weighted by molar-refractivity contribution is -0.136. The number of carbonyl (C=O) groups excluding carboxylic acids is 2. The van der Waals surface area contributed by atoms with E-state index in [9.17, 15) is 18.0 Å². The Hall–Kier alpha value is -1.93. The van der Waals surface area contributed by atoms with E-state index in [1.807, 2.05) is 20.8 Å². The van der Waals surface area contributed by atoms with Gasteiger partial charge in [0.25, 0.3) is 0 Å². The molecule has 2 rings (SSSR count). The second-order valence-electron chi connectivity index (χ2n) is 7.43. The van der Waals surface area contributed by atoms with Crippen molar-refractivity contribution in [3.05, 3.63) is 29.8 Å². The highest BCUT2D eigenvalue weighted by Crippen LogP contribution is 2.19. The van der Waals surface area contributed by atoms with Crippen LogP contribution < -0.4 is 5.32 Å². The minimum absolute atomic E-state index is 0.0402. The number of hydrogen-bond acceptors (Lipinski definition) is 4. The van der Waals surface area contributed by atoms with E-state index >= 15 is 0 Å². The zero-order valence-corrected chi connectivity index (χ0v) is 18.5. The van der Waals surface area contributed by atoms with Gasteiger partial charge in [-0.15, -0.1) is 0 Å². The molecule has 1 aliphatic rings. The van der Waals surface area contributed by atoms with Crippen LogP contribution in [0.25, 0.3) is 0 Å². The van der Waals surface area contributed by atoms with Crippen LogP contribution in [0.1, 0.15) is 64.5 Å². The highest BCUT2D eigenvalue weighted by atomic mass is 32.2. The quantitative estimate of drug-likeness (QED) is 0.696. The van der Waals surface area contributed by atoms with Gasteiger partial charge in [0.1, 0.15) is 0 Å². The van der Waals surface area contributed by atoms with Crippen LogP contribution in [0.15, 0.2) is 29.2 Å². The van der Waals surface area contributed by atoms with Crippen molar-refractivity contribution in [3.8, 4) is 0 Å².